The van der Waals surface area contributed by atoms with Crippen LogP contribution in [-0.4, -0.2) is 10.2 Å². The van der Waals surface area contributed by atoms with Gasteiger partial charge in [0.05, 0.1) is 0 Å². The Morgan fingerprint density at radius 1 is 1.50 bits per heavy atom. The summed E-state index contributed by atoms with van der Waals surface area (Å²) in [6.07, 6.45) is 0. The Kier molecular flexibility index (Phi) is 1.99. The van der Waals surface area contributed by atoms with E-state index in [1.54, 1.807) is 0 Å². The minimum Gasteiger partial charge on any atom is -0.399 e. The number of hydrogen-bond acceptors (Lipinski definition) is 2. The SMILES string of the molecule is Nc1cc(Br)c2n[nH]c(I)c2c1. The third-order valence-corrected chi connectivity index (χ3v) is 3.01. The molecule has 2 rings (SSSR count). The van der Waals surface area contributed by atoms with E-state index in [1.807, 2.05) is 12.1 Å². The molecule has 5 heteroatoms. The summed E-state index contributed by atoms with van der Waals surface area (Å²) in [6, 6.07) is 3.75. The summed E-state index contributed by atoms with van der Waals surface area (Å²) in [7, 11) is 0. The number of aromatic amines is 1. The van der Waals surface area contributed by atoms with Gasteiger partial charge in [-0.3, -0.25) is 5.10 Å². The second kappa shape index (κ2) is 2.88. The zero-order valence-corrected chi connectivity index (χ0v) is 9.68. The number of rotatable bonds is 0. The maximum atomic E-state index is 5.68. The molecule has 2 aromatic rings. The number of benzene rings is 1. The molecule has 0 saturated carbocycles. The first kappa shape index (κ1) is 8.31. The van der Waals surface area contributed by atoms with E-state index in [0.717, 1.165) is 24.8 Å². The van der Waals surface area contributed by atoms with Crippen LogP contribution in [-0.2, 0) is 0 Å². The first-order valence-corrected chi connectivity index (χ1v) is 5.14. The molecule has 0 amide bonds. The standard InChI is InChI=1S/C7H5BrIN3/c8-5-2-3(10)1-4-6(5)11-12-7(4)9/h1-2H,10H2,(H,11,12). The quantitative estimate of drug-likeness (QED) is 0.573. The number of anilines is 1. The van der Waals surface area contributed by atoms with Crippen LogP contribution in [0.25, 0.3) is 10.9 Å². The molecule has 1 aromatic heterocycles. The second-order valence-electron chi connectivity index (χ2n) is 2.44. The van der Waals surface area contributed by atoms with E-state index in [1.165, 1.54) is 0 Å². The Hall–Kier alpha value is -0.300. The van der Waals surface area contributed by atoms with Gasteiger partial charge in [0, 0.05) is 15.5 Å². The number of nitrogen functional groups attached to an aromatic ring is 1. The van der Waals surface area contributed by atoms with Crippen LogP contribution in [0.4, 0.5) is 5.69 Å². The lowest BCUT2D eigenvalue weighted by Gasteiger charge is -1.95. The van der Waals surface area contributed by atoms with Gasteiger partial charge in [0.25, 0.3) is 0 Å². The summed E-state index contributed by atoms with van der Waals surface area (Å²) in [5, 5.41) is 8.08. The third-order valence-electron chi connectivity index (χ3n) is 1.59. The minimum absolute atomic E-state index is 0.744. The topological polar surface area (TPSA) is 54.7 Å². The first-order chi connectivity index (χ1) is 5.68. The fraction of sp³-hybridized carbons (Fsp3) is 0. The van der Waals surface area contributed by atoms with Crippen molar-refractivity contribution in [1.29, 1.82) is 0 Å². The van der Waals surface area contributed by atoms with Crippen LogP contribution in [0.2, 0.25) is 0 Å². The molecule has 3 nitrogen and oxygen atoms in total. The number of fused-ring (bicyclic) bond motifs is 1. The van der Waals surface area contributed by atoms with Crippen LogP contribution < -0.4 is 5.73 Å². The first-order valence-electron chi connectivity index (χ1n) is 3.27. The highest BCUT2D eigenvalue weighted by molar-refractivity contribution is 14.1. The average Bonchev–Trinajstić information content (AvgIpc) is 2.33. The predicted molar refractivity (Wildman–Crippen MR) is 60.9 cm³/mol. The van der Waals surface area contributed by atoms with E-state index in [-0.39, 0.29) is 0 Å². The minimum atomic E-state index is 0.744. The van der Waals surface area contributed by atoms with Crippen molar-refractivity contribution in [2.45, 2.75) is 0 Å². The third kappa shape index (κ3) is 1.20. The van der Waals surface area contributed by atoms with Crippen molar-refractivity contribution in [3.63, 3.8) is 0 Å². The number of nitrogens with two attached hydrogens (primary N) is 1. The molecule has 0 bridgehead atoms. The van der Waals surface area contributed by atoms with Gasteiger partial charge in [-0.05, 0) is 50.7 Å². The molecule has 0 aliphatic heterocycles. The molecule has 0 fully saturated rings. The van der Waals surface area contributed by atoms with Gasteiger partial charge in [-0.15, -0.1) is 0 Å². The number of aromatic nitrogens is 2. The Balaban J connectivity index is 2.92. The van der Waals surface area contributed by atoms with Crippen molar-refractivity contribution >= 4 is 55.1 Å². The molecule has 1 heterocycles. The van der Waals surface area contributed by atoms with Crippen molar-refractivity contribution in [2.24, 2.45) is 0 Å². The highest BCUT2D eigenvalue weighted by Gasteiger charge is 2.06. The summed E-state index contributed by atoms with van der Waals surface area (Å²) in [5.74, 6) is 0. The molecular formula is C7H5BrIN3. The van der Waals surface area contributed by atoms with Crippen molar-refractivity contribution in [3.8, 4) is 0 Å². The molecular weight excluding hydrogens is 333 g/mol. The van der Waals surface area contributed by atoms with Gasteiger partial charge in [-0.25, -0.2) is 0 Å². The Labute approximate surface area is 91.0 Å². The molecule has 0 spiro atoms. The van der Waals surface area contributed by atoms with E-state index in [4.69, 9.17) is 5.73 Å². The Morgan fingerprint density at radius 3 is 3.00 bits per heavy atom. The number of nitrogens with one attached hydrogen (secondary N) is 1. The van der Waals surface area contributed by atoms with Gasteiger partial charge in [0.2, 0.25) is 0 Å². The zero-order chi connectivity index (χ0) is 8.72. The molecule has 3 N–H and O–H groups in total. The van der Waals surface area contributed by atoms with Gasteiger partial charge < -0.3 is 5.73 Å². The summed E-state index contributed by atoms with van der Waals surface area (Å²) in [4.78, 5) is 0. The molecule has 0 atom stereocenters. The van der Waals surface area contributed by atoms with Crippen LogP contribution >= 0.6 is 38.5 Å². The van der Waals surface area contributed by atoms with Crippen LogP contribution in [0.3, 0.4) is 0 Å². The predicted octanol–water partition coefficient (Wildman–Crippen LogP) is 2.51. The largest absolute Gasteiger partial charge is 0.399 e. The summed E-state index contributed by atoms with van der Waals surface area (Å²) < 4.78 is 1.94. The van der Waals surface area contributed by atoms with E-state index in [0.29, 0.717) is 0 Å². The van der Waals surface area contributed by atoms with Crippen LogP contribution in [0.15, 0.2) is 16.6 Å². The molecule has 0 radical (unpaired) electrons. The molecule has 1 aromatic carbocycles. The van der Waals surface area contributed by atoms with Gasteiger partial charge in [0.15, 0.2) is 0 Å². The van der Waals surface area contributed by atoms with E-state index in [9.17, 15) is 0 Å². The molecule has 0 aliphatic carbocycles. The van der Waals surface area contributed by atoms with E-state index in [2.05, 4.69) is 48.7 Å². The number of halogens is 2. The molecule has 0 aliphatic rings. The van der Waals surface area contributed by atoms with E-state index >= 15 is 0 Å². The van der Waals surface area contributed by atoms with Crippen molar-refractivity contribution in [2.75, 3.05) is 5.73 Å². The summed E-state index contributed by atoms with van der Waals surface area (Å²) in [5.41, 5.74) is 7.35. The normalized spacial score (nSPS) is 10.8. The van der Waals surface area contributed by atoms with Crippen molar-refractivity contribution in [3.05, 3.63) is 20.3 Å². The highest BCUT2D eigenvalue weighted by atomic mass is 127. The summed E-state index contributed by atoms with van der Waals surface area (Å²) in [6.45, 7) is 0. The van der Waals surface area contributed by atoms with Gasteiger partial charge in [-0.2, -0.15) is 5.10 Å². The Bertz CT molecular complexity index is 437. The van der Waals surface area contributed by atoms with Crippen LogP contribution in [0, 0.1) is 3.70 Å². The van der Waals surface area contributed by atoms with Gasteiger partial charge >= 0.3 is 0 Å². The number of H-pyrrole nitrogens is 1. The Morgan fingerprint density at radius 2 is 2.25 bits per heavy atom. The monoisotopic (exact) mass is 337 g/mol. The van der Waals surface area contributed by atoms with Gasteiger partial charge in [-0.1, -0.05) is 0 Å². The van der Waals surface area contributed by atoms with E-state index < -0.39 is 0 Å². The summed E-state index contributed by atoms with van der Waals surface area (Å²) >= 11 is 5.59. The fourth-order valence-electron chi connectivity index (χ4n) is 1.07. The van der Waals surface area contributed by atoms with Gasteiger partial charge in [0.1, 0.15) is 9.22 Å². The van der Waals surface area contributed by atoms with Crippen LogP contribution in [0.5, 0.6) is 0 Å². The lowest BCUT2D eigenvalue weighted by atomic mass is 10.2. The molecule has 0 saturated heterocycles. The number of nitrogens with zero attached hydrogens (tertiary/aromatic N) is 1. The molecule has 62 valence electrons. The maximum absolute atomic E-state index is 5.68. The zero-order valence-electron chi connectivity index (χ0n) is 5.94. The lowest BCUT2D eigenvalue weighted by Crippen LogP contribution is -1.84. The highest BCUT2D eigenvalue weighted by Crippen LogP contribution is 2.27. The number of hydrogen-bond donors (Lipinski definition) is 2. The fourth-order valence-corrected chi connectivity index (χ4v) is 2.16. The molecule has 0 unspecified atom stereocenters. The average molecular weight is 338 g/mol. The van der Waals surface area contributed by atoms with Crippen LogP contribution in [0.1, 0.15) is 0 Å². The lowest BCUT2D eigenvalue weighted by molar-refractivity contribution is 1.09. The van der Waals surface area contributed by atoms with Crippen molar-refractivity contribution in [1.82, 2.24) is 10.2 Å². The smallest absolute Gasteiger partial charge is 0.107 e. The molecule has 12 heavy (non-hydrogen) atoms. The second-order valence-corrected chi connectivity index (χ2v) is 4.37. The van der Waals surface area contributed by atoms with Crippen molar-refractivity contribution < 1.29 is 0 Å². The maximum Gasteiger partial charge on any atom is 0.107 e.